The molecule has 0 saturated carbocycles. The first kappa shape index (κ1) is 13.7. The van der Waals surface area contributed by atoms with Gasteiger partial charge in [0.2, 0.25) is 0 Å². The molecule has 1 saturated heterocycles. The number of rotatable bonds is 4. The molecule has 2 unspecified atom stereocenters. The predicted molar refractivity (Wildman–Crippen MR) is 91.4 cm³/mol. The molecule has 0 spiro atoms. The molecule has 2 aromatic carbocycles. The van der Waals surface area contributed by atoms with Gasteiger partial charge in [0.05, 0.1) is 16.3 Å². The number of aromatic nitrogens is 1. The zero-order chi connectivity index (χ0) is 14.8. The Balaban J connectivity index is 1.46. The number of fused-ring (bicyclic) bond motifs is 1. The van der Waals surface area contributed by atoms with E-state index in [1.165, 1.54) is 10.3 Å². The lowest BCUT2D eigenvalue weighted by Crippen LogP contribution is -2.17. The molecule has 0 amide bonds. The molecule has 1 fully saturated rings. The van der Waals surface area contributed by atoms with E-state index in [1.807, 2.05) is 12.1 Å². The van der Waals surface area contributed by atoms with Gasteiger partial charge in [-0.25, -0.2) is 4.98 Å². The van der Waals surface area contributed by atoms with Gasteiger partial charge in [-0.05, 0) is 24.1 Å². The highest BCUT2D eigenvalue weighted by molar-refractivity contribution is 7.22. The summed E-state index contributed by atoms with van der Waals surface area (Å²) >= 11 is 1.71. The van der Waals surface area contributed by atoms with Gasteiger partial charge in [0.1, 0.15) is 0 Å². The van der Waals surface area contributed by atoms with E-state index in [2.05, 4.69) is 52.8 Å². The summed E-state index contributed by atoms with van der Waals surface area (Å²) in [5.74, 6) is 0.495. The summed E-state index contributed by atoms with van der Waals surface area (Å²) in [7, 11) is 0. The SMILES string of the molecule is c1ccc(C2OCCC2CNc2nc3ccccc3s2)cc1. The van der Waals surface area contributed by atoms with Crippen molar-refractivity contribution in [3.05, 3.63) is 60.2 Å². The van der Waals surface area contributed by atoms with Crippen molar-refractivity contribution in [3.8, 4) is 0 Å². The standard InChI is InChI=1S/C18H18N2OS/c1-2-6-13(7-3-1)17-14(10-11-21-17)12-19-18-20-15-8-4-5-9-16(15)22-18/h1-9,14,17H,10-12H2,(H,19,20). The Bertz CT molecular complexity index is 723. The molecule has 1 N–H and O–H groups in total. The van der Waals surface area contributed by atoms with E-state index in [0.29, 0.717) is 5.92 Å². The average molecular weight is 310 g/mol. The molecule has 1 aliphatic heterocycles. The predicted octanol–water partition coefficient (Wildman–Crippen LogP) is 4.49. The summed E-state index contributed by atoms with van der Waals surface area (Å²) < 4.78 is 7.17. The molecular formula is C18H18N2OS. The fourth-order valence-corrected chi connectivity index (χ4v) is 3.89. The van der Waals surface area contributed by atoms with E-state index >= 15 is 0 Å². The summed E-state index contributed by atoms with van der Waals surface area (Å²) in [6, 6.07) is 18.8. The number of para-hydroxylation sites is 1. The molecule has 1 aliphatic rings. The summed E-state index contributed by atoms with van der Waals surface area (Å²) in [6.45, 7) is 1.74. The first-order valence-corrected chi connectivity index (χ1v) is 8.48. The van der Waals surface area contributed by atoms with Gasteiger partial charge < -0.3 is 10.1 Å². The molecule has 22 heavy (non-hydrogen) atoms. The second-order valence-corrected chi connectivity index (χ2v) is 6.65. The van der Waals surface area contributed by atoms with Gasteiger partial charge in [0.15, 0.2) is 5.13 Å². The quantitative estimate of drug-likeness (QED) is 0.771. The maximum Gasteiger partial charge on any atom is 0.183 e. The number of thiazole rings is 1. The highest BCUT2D eigenvalue weighted by atomic mass is 32.1. The third-order valence-electron chi connectivity index (χ3n) is 4.15. The summed E-state index contributed by atoms with van der Waals surface area (Å²) in [5.41, 5.74) is 2.34. The maximum absolute atomic E-state index is 5.94. The smallest absolute Gasteiger partial charge is 0.183 e. The van der Waals surface area contributed by atoms with Crippen LogP contribution < -0.4 is 5.32 Å². The monoisotopic (exact) mass is 310 g/mol. The minimum absolute atomic E-state index is 0.197. The molecule has 0 aliphatic carbocycles. The van der Waals surface area contributed by atoms with Crippen LogP contribution in [0.4, 0.5) is 5.13 Å². The molecular weight excluding hydrogens is 292 g/mol. The molecule has 3 aromatic rings. The van der Waals surface area contributed by atoms with E-state index in [-0.39, 0.29) is 6.10 Å². The normalized spacial score (nSPS) is 21.3. The van der Waals surface area contributed by atoms with E-state index < -0.39 is 0 Å². The van der Waals surface area contributed by atoms with Crippen molar-refractivity contribution >= 4 is 26.7 Å². The van der Waals surface area contributed by atoms with Crippen LogP contribution in [0.25, 0.3) is 10.2 Å². The zero-order valence-electron chi connectivity index (χ0n) is 12.2. The summed E-state index contributed by atoms with van der Waals surface area (Å²) in [4.78, 5) is 4.64. The number of benzene rings is 2. The molecule has 0 radical (unpaired) electrons. The van der Waals surface area contributed by atoms with Crippen LogP contribution in [0.1, 0.15) is 18.1 Å². The van der Waals surface area contributed by atoms with Crippen LogP contribution in [0.2, 0.25) is 0 Å². The van der Waals surface area contributed by atoms with Crippen molar-refractivity contribution in [2.45, 2.75) is 12.5 Å². The summed E-state index contributed by atoms with van der Waals surface area (Å²) in [6.07, 6.45) is 1.29. The molecule has 1 aromatic heterocycles. The molecule has 2 heterocycles. The number of anilines is 1. The van der Waals surface area contributed by atoms with Gasteiger partial charge in [-0.2, -0.15) is 0 Å². The van der Waals surface area contributed by atoms with Crippen molar-refractivity contribution in [1.82, 2.24) is 4.98 Å². The van der Waals surface area contributed by atoms with Gasteiger partial charge in [-0.1, -0.05) is 53.8 Å². The van der Waals surface area contributed by atoms with Crippen molar-refractivity contribution in [1.29, 1.82) is 0 Å². The van der Waals surface area contributed by atoms with Gasteiger partial charge >= 0.3 is 0 Å². The van der Waals surface area contributed by atoms with Crippen LogP contribution in [0.15, 0.2) is 54.6 Å². The van der Waals surface area contributed by atoms with Crippen molar-refractivity contribution in [2.75, 3.05) is 18.5 Å². The Morgan fingerprint density at radius 3 is 2.77 bits per heavy atom. The zero-order valence-corrected chi connectivity index (χ0v) is 13.1. The lowest BCUT2D eigenvalue weighted by molar-refractivity contribution is 0.0933. The van der Waals surface area contributed by atoms with Gasteiger partial charge in [0.25, 0.3) is 0 Å². The van der Waals surface area contributed by atoms with Crippen molar-refractivity contribution in [2.24, 2.45) is 5.92 Å². The van der Waals surface area contributed by atoms with Crippen LogP contribution in [-0.2, 0) is 4.74 Å². The minimum atomic E-state index is 0.197. The fraction of sp³-hybridized carbons (Fsp3) is 0.278. The Hall–Kier alpha value is -1.91. The van der Waals surface area contributed by atoms with Crippen LogP contribution >= 0.6 is 11.3 Å². The van der Waals surface area contributed by atoms with Crippen LogP contribution in [-0.4, -0.2) is 18.1 Å². The average Bonchev–Trinajstić information content (AvgIpc) is 3.20. The van der Waals surface area contributed by atoms with Crippen LogP contribution in [0, 0.1) is 5.92 Å². The second-order valence-electron chi connectivity index (χ2n) is 5.62. The minimum Gasteiger partial charge on any atom is -0.373 e. The largest absolute Gasteiger partial charge is 0.373 e. The Kier molecular flexibility index (Phi) is 3.79. The maximum atomic E-state index is 5.94. The lowest BCUT2D eigenvalue weighted by Gasteiger charge is -2.19. The van der Waals surface area contributed by atoms with E-state index in [0.717, 1.165) is 30.2 Å². The Morgan fingerprint density at radius 1 is 1.09 bits per heavy atom. The molecule has 4 heteroatoms. The summed E-state index contributed by atoms with van der Waals surface area (Å²) in [5, 5.41) is 4.50. The van der Waals surface area contributed by atoms with E-state index in [9.17, 15) is 0 Å². The Morgan fingerprint density at radius 2 is 1.91 bits per heavy atom. The molecule has 3 nitrogen and oxygen atoms in total. The third-order valence-corrected chi connectivity index (χ3v) is 5.15. The van der Waals surface area contributed by atoms with Crippen molar-refractivity contribution < 1.29 is 4.74 Å². The van der Waals surface area contributed by atoms with E-state index in [4.69, 9.17) is 4.74 Å². The highest BCUT2D eigenvalue weighted by Gasteiger charge is 2.29. The molecule has 2 atom stereocenters. The molecule has 4 rings (SSSR count). The highest BCUT2D eigenvalue weighted by Crippen LogP contribution is 2.35. The first-order chi connectivity index (χ1) is 10.9. The number of hydrogen-bond donors (Lipinski definition) is 1. The number of ether oxygens (including phenoxy) is 1. The number of hydrogen-bond acceptors (Lipinski definition) is 4. The lowest BCUT2D eigenvalue weighted by atomic mass is 9.95. The second kappa shape index (κ2) is 6.07. The third kappa shape index (κ3) is 2.72. The fourth-order valence-electron chi connectivity index (χ4n) is 3.02. The van der Waals surface area contributed by atoms with Crippen LogP contribution in [0.3, 0.4) is 0 Å². The van der Waals surface area contributed by atoms with Crippen molar-refractivity contribution in [3.63, 3.8) is 0 Å². The van der Waals surface area contributed by atoms with Crippen LogP contribution in [0.5, 0.6) is 0 Å². The van der Waals surface area contributed by atoms with E-state index in [1.54, 1.807) is 11.3 Å². The topological polar surface area (TPSA) is 34.1 Å². The van der Waals surface area contributed by atoms with Gasteiger partial charge in [-0.3, -0.25) is 0 Å². The molecule has 112 valence electrons. The van der Waals surface area contributed by atoms with Gasteiger partial charge in [0, 0.05) is 19.1 Å². The Labute approximate surface area is 134 Å². The number of nitrogens with one attached hydrogen (secondary N) is 1. The van der Waals surface area contributed by atoms with Gasteiger partial charge in [-0.15, -0.1) is 0 Å². The first-order valence-electron chi connectivity index (χ1n) is 7.66. The number of nitrogens with zero attached hydrogens (tertiary/aromatic N) is 1. The molecule has 0 bridgehead atoms.